The van der Waals surface area contributed by atoms with Crippen molar-refractivity contribution in [2.45, 2.75) is 12.8 Å². The van der Waals surface area contributed by atoms with Crippen LogP contribution in [0.1, 0.15) is 18.5 Å². The predicted molar refractivity (Wildman–Crippen MR) is 39.6 cm³/mol. The maximum absolute atomic E-state index is 9.40. The number of hydrogen-bond acceptors (Lipinski definition) is 1. The zero-order valence-corrected chi connectivity index (χ0v) is 5.59. The van der Waals surface area contributed by atoms with E-state index in [1.807, 2.05) is 18.3 Å². The normalized spacial score (nSPS) is 15.4. The summed E-state index contributed by atoms with van der Waals surface area (Å²) in [5.41, 5.74) is 2.01. The lowest BCUT2D eigenvalue weighted by Crippen LogP contribution is -1.80. The monoisotopic (exact) mass is 135 g/mol. The smallest absolute Gasteiger partial charge is 0.138 e. The highest BCUT2D eigenvalue weighted by Crippen LogP contribution is 2.34. The molecule has 1 aliphatic carbocycles. The number of rotatable bonds is 1. The van der Waals surface area contributed by atoms with Crippen LogP contribution in [0.4, 0.5) is 0 Å². The van der Waals surface area contributed by atoms with E-state index in [1.54, 1.807) is 0 Å². The van der Waals surface area contributed by atoms with Crippen LogP contribution in [-0.2, 0) is 0 Å². The molecule has 0 spiro atoms. The second-order valence-corrected chi connectivity index (χ2v) is 2.54. The minimum atomic E-state index is 0.449. The van der Waals surface area contributed by atoms with Crippen molar-refractivity contribution in [3.05, 3.63) is 29.6 Å². The Morgan fingerprint density at radius 3 is 2.80 bits per heavy atom. The van der Waals surface area contributed by atoms with Gasteiger partial charge in [-0.1, -0.05) is 0 Å². The molecule has 52 valence electrons. The van der Waals surface area contributed by atoms with Gasteiger partial charge in [-0.05, 0) is 30.5 Å². The van der Waals surface area contributed by atoms with Gasteiger partial charge in [-0.25, -0.2) is 0 Å². The number of hydrogen-bond donors (Lipinski definition) is 2. The molecule has 0 amide bonds. The van der Waals surface area contributed by atoms with Crippen LogP contribution in [0, 0.1) is 0 Å². The lowest BCUT2D eigenvalue weighted by atomic mass is 10.3. The molecule has 0 unspecified atom stereocenters. The van der Waals surface area contributed by atoms with Gasteiger partial charge in [-0.3, -0.25) is 0 Å². The van der Waals surface area contributed by atoms with Crippen LogP contribution < -0.4 is 0 Å². The van der Waals surface area contributed by atoms with Gasteiger partial charge in [-0.2, -0.15) is 0 Å². The third-order valence-corrected chi connectivity index (χ3v) is 1.69. The Morgan fingerprint density at radius 2 is 2.30 bits per heavy atom. The summed E-state index contributed by atoms with van der Waals surface area (Å²) in [6.07, 6.45) is 3.93. The predicted octanol–water partition coefficient (Wildman–Crippen LogP) is 2.08. The number of aromatic nitrogens is 1. The van der Waals surface area contributed by atoms with Crippen molar-refractivity contribution in [1.29, 1.82) is 0 Å². The highest BCUT2D eigenvalue weighted by molar-refractivity contribution is 5.61. The minimum Gasteiger partial charge on any atom is -0.506 e. The summed E-state index contributed by atoms with van der Waals surface area (Å²) in [5, 5.41) is 9.40. The van der Waals surface area contributed by atoms with E-state index in [2.05, 4.69) is 4.98 Å². The topological polar surface area (TPSA) is 36.0 Å². The molecule has 1 saturated carbocycles. The van der Waals surface area contributed by atoms with Crippen LogP contribution in [-0.4, -0.2) is 10.1 Å². The van der Waals surface area contributed by atoms with Crippen LogP contribution in [0.2, 0.25) is 0 Å². The van der Waals surface area contributed by atoms with Gasteiger partial charge in [0.1, 0.15) is 5.76 Å². The maximum atomic E-state index is 9.40. The SMILES string of the molecule is OC(=C1CC1)c1ccc[nH]1. The highest BCUT2D eigenvalue weighted by atomic mass is 16.3. The second kappa shape index (κ2) is 1.90. The number of nitrogens with one attached hydrogen (secondary N) is 1. The van der Waals surface area contributed by atoms with Gasteiger partial charge < -0.3 is 10.1 Å². The standard InChI is InChI=1S/C8H9NO/c10-8(6-3-4-6)7-2-1-5-9-7/h1-2,5,9-10H,3-4H2. The molecule has 0 saturated heterocycles. The molecule has 10 heavy (non-hydrogen) atoms. The van der Waals surface area contributed by atoms with Gasteiger partial charge in [0, 0.05) is 6.20 Å². The van der Waals surface area contributed by atoms with Crippen LogP contribution in [0.25, 0.3) is 5.76 Å². The average Bonchev–Trinajstić information content (AvgIpc) is 2.65. The van der Waals surface area contributed by atoms with Gasteiger partial charge in [-0.15, -0.1) is 0 Å². The zero-order valence-electron chi connectivity index (χ0n) is 5.59. The van der Waals surface area contributed by atoms with Crippen molar-refractivity contribution in [3.63, 3.8) is 0 Å². The summed E-state index contributed by atoms with van der Waals surface area (Å²) in [4.78, 5) is 2.95. The zero-order chi connectivity index (χ0) is 6.97. The lowest BCUT2D eigenvalue weighted by Gasteiger charge is -1.91. The largest absolute Gasteiger partial charge is 0.506 e. The Bertz CT molecular complexity index is 253. The maximum Gasteiger partial charge on any atom is 0.138 e. The van der Waals surface area contributed by atoms with Crippen molar-refractivity contribution in [2.24, 2.45) is 0 Å². The molecular formula is C8H9NO. The van der Waals surface area contributed by atoms with Gasteiger partial charge in [0.15, 0.2) is 0 Å². The molecule has 2 heteroatoms. The lowest BCUT2D eigenvalue weighted by molar-refractivity contribution is 0.507. The van der Waals surface area contributed by atoms with Crippen LogP contribution in [0.15, 0.2) is 23.9 Å². The van der Waals surface area contributed by atoms with Gasteiger partial charge in [0.2, 0.25) is 0 Å². The van der Waals surface area contributed by atoms with E-state index in [1.165, 1.54) is 5.57 Å². The molecule has 1 heterocycles. The van der Waals surface area contributed by atoms with E-state index >= 15 is 0 Å². The van der Waals surface area contributed by atoms with Crippen molar-refractivity contribution in [3.8, 4) is 0 Å². The molecule has 1 aliphatic rings. The van der Waals surface area contributed by atoms with E-state index in [-0.39, 0.29) is 0 Å². The molecule has 1 aromatic rings. The fourth-order valence-corrected chi connectivity index (χ4v) is 0.967. The second-order valence-electron chi connectivity index (χ2n) is 2.54. The van der Waals surface area contributed by atoms with Gasteiger partial charge >= 0.3 is 0 Å². The molecule has 0 bridgehead atoms. The molecule has 1 aromatic heterocycles. The average molecular weight is 135 g/mol. The van der Waals surface area contributed by atoms with E-state index in [4.69, 9.17) is 0 Å². The number of allylic oxidation sites excluding steroid dienone is 1. The highest BCUT2D eigenvalue weighted by Gasteiger charge is 2.18. The summed E-state index contributed by atoms with van der Waals surface area (Å²) >= 11 is 0. The molecule has 0 aromatic carbocycles. The number of aliphatic hydroxyl groups excluding tert-OH is 1. The van der Waals surface area contributed by atoms with Crippen molar-refractivity contribution in [2.75, 3.05) is 0 Å². The Morgan fingerprint density at radius 1 is 1.50 bits per heavy atom. The first kappa shape index (κ1) is 5.59. The van der Waals surface area contributed by atoms with E-state index in [0.29, 0.717) is 5.76 Å². The van der Waals surface area contributed by atoms with Crippen molar-refractivity contribution >= 4 is 5.76 Å². The Kier molecular flexibility index (Phi) is 1.07. The van der Waals surface area contributed by atoms with E-state index < -0.39 is 0 Å². The molecule has 0 atom stereocenters. The van der Waals surface area contributed by atoms with Gasteiger partial charge in [0.05, 0.1) is 5.69 Å². The molecule has 2 N–H and O–H groups in total. The quantitative estimate of drug-likeness (QED) is 0.568. The first-order valence-corrected chi connectivity index (χ1v) is 3.42. The Labute approximate surface area is 59.2 Å². The Balaban J connectivity index is 2.36. The van der Waals surface area contributed by atoms with Crippen LogP contribution in [0.3, 0.4) is 0 Å². The summed E-state index contributed by atoms with van der Waals surface area (Å²) in [6, 6.07) is 3.76. The van der Waals surface area contributed by atoms with E-state index in [9.17, 15) is 5.11 Å². The van der Waals surface area contributed by atoms with Crippen molar-refractivity contribution < 1.29 is 5.11 Å². The molecule has 2 rings (SSSR count). The van der Waals surface area contributed by atoms with Crippen LogP contribution in [0.5, 0.6) is 0 Å². The fraction of sp³-hybridized carbons (Fsp3) is 0.250. The third kappa shape index (κ3) is 0.817. The number of aliphatic hydroxyl groups is 1. The molecule has 2 nitrogen and oxygen atoms in total. The molecule has 0 aliphatic heterocycles. The Hall–Kier alpha value is -1.18. The fourth-order valence-electron chi connectivity index (χ4n) is 0.967. The first-order valence-electron chi connectivity index (χ1n) is 3.42. The number of H-pyrrole nitrogens is 1. The number of aromatic amines is 1. The first-order chi connectivity index (χ1) is 4.88. The third-order valence-electron chi connectivity index (χ3n) is 1.69. The molecular weight excluding hydrogens is 126 g/mol. The van der Waals surface area contributed by atoms with Crippen LogP contribution >= 0.6 is 0 Å². The minimum absolute atomic E-state index is 0.449. The van der Waals surface area contributed by atoms with Crippen molar-refractivity contribution in [1.82, 2.24) is 4.98 Å². The molecule has 0 radical (unpaired) electrons. The summed E-state index contributed by atoms with van der Waals surface area (Å²) in [7, 11) is 0. The summed E-state index contributed by atoms with van der Waals surface area (Å²) in [6.45, 7) is 0. The van der Waals surface area contributed by atoms with Gasteiger partial charge in [0.25, 0.3) is 0 Å². The van der Waals surface area contributed by atoms with E-state index in [0.717, 1.165) is 18.5 Å². The molecule has 1 fully saturated rings. The summed E-state index contributed by atoms with van der Waals surface area (Å²) in [5.74, 6) is 0.449. The summed E-state index contributed by atoms with van der Waals surface area (Å²) < 4.78 is 0.